The minimum absolute atomic E-state index is 0. The summed E-state index contributed by atoms with van der Waals surface area (Å²) in [4.78, 5) is 2.51. The molecule has 8 heteroatoms. The van der Waals surface area contributed by atoms with Crippen LogP contribution >= 0.6 is 12.4 Å². The molecule has 1 aliphatic heterocycles. The van der Waals surface area contributed by atoms with E-state index in [1.807, 2.05) is 66.7 Å². The smallest absolute Gasteiger partial charge is 0.261 e. The molecular formula is C26H26ClN3O3S. The van der Waals surface area contributed by atoms with Crippen LogP contribution in [-0.2, 0) is 10.0 Å². The first kappa shape index (κ1) is 23.9. The second-order valence-corrected chi connectivity index (χ2v) is 9.59. The lowest BCUT2D eigenvalue weighted by Gasteiger charge is -2.30. The van der Waals surface area contributed by atoms with Gasteiger partial charge in [0.15, 0.2) is 0 Å². The maximum atomic E-state index is 13.1. The Morgan fingerprint density at radius 3 is 2.06 bits per heavy atom. The molecule has 0 amide bonds. The molecule has 0 radical (unpaired) electrons. The van der Waals surface area contributed by atoms with Crippen molar-refractivity contribution in [3.05, 3.63) is 91.0 Å². The number of ether oxygens (including phenoxy) is 1. The molecule has 5 rings (SSSR count). The van der Waals surface area contributed by atoms with Crippen molar-refractivity contribution in [2.75, 3.05) is 35.8 Å². The summed E-state index contributed by atoms with van der Waals surface area (Å²) >= 11 is 0. The molecule has 1 aliphatic rings. The van der Waals surface area contributed by atoms with E-state index in [-0.39, 0.29) is 17.3 Å². The van der Waals surface area contributed by atoms with Crippen LogP contribution in [-0.4, -0.2) is 34.6 Å². The fraction of sp³-hybridized carbons (Fsp3) is 0.154. The van der Waals surface area contributed by atoms with Gasteiger partial charge in [0.2, 0.25) is 0 Å². The SMILES string of the molecule is Cl.O=S(=O)(Nc1ccc(N2CCNCC2)c2ccccc12)c1ccc(Oc2ccccc2)cc1. The lowest BCUT2D eigenvalue weighted by atomic mass is 10.1. The van der Waals surface area contributed by atoms with Crippen LogP contribution in [0.2, 0.25) is 0 Å². The first-order chi connectivity index (χ1) is 16.1. The van der Waals surface area contributed by atoms with E-state index in [4.69, 9.17) is 4.74 Å². The van der Waals surface area contributed by atoms with Gasteiger partial charge in [0.25, 0.3) is 10.0 Å². The van der Waals surface area contributed by atoms with Crippen molar-refractivity contribution in [2.24, 2.45) is 0 Å². The Kier molecular flexibility index (Phi) is 7.26. The standard InChI is InChI=1S/C26H25N3O3S.ClH/c30-33(31,22-12-10-21(11-13-22)32-20-6-2-1-3-7-20)28-25-14-15-26(29-18-16-27-17-19-29)24-9-5-4-8-23(24)25;/h1-15,27-28H,16-19H2;1H. The molecule has 1 fully saturated rings. The third-order valence-corrected chi connectivity index (χ3v) is 7.10. The van der Waals surface area contributed by atoms with E-state index in [0.29, 0.717) is 17.2 Å². The molecule has 4 aromatic carbocycles. The second kappa shape index (κ2) is 10.3. The van der Waals surface area contributed by atoms with Crippen molar-refractivity contribution < 1.29 is 13.2 Å². The summed E-state index contributed by atoms with van der Waals surface area (Å²) in [5, 5.41) is 5.28. The van der Waals surface area contributed by atoms with Crippen LogP contribution < -0.4 is 19.7 Å². The number of hydrogen-bond donors (Lipinski definition) is 2. The monoisotopic (exact) mass is 495 g/mol. The fourth-order valence-corrected chi connectivity index (χ4v) is 5.15. The van der Waals surface area contributed by atoms with Gasteiger partial charge in [-0.1, -0.05) is 42.5 Å². The normalized spacial score (nSPS) is 13.8. The lowest BCUT2D eigenvalue weighted by Crippen LogP contribution is -2.43. The number of fused-ring (bicyclic) bond motifs is 1. The average molecular weight is 496 g/mol. The van der Waals surface area contributed by atoms with Gasteiger partial charge in [-0.05, 0) is 48.5 Å². The molecule has 0 bridgehead atoms. The average Bonchev–Trinajstić information content (AvgIpc) is 2.86. The van der Waals surface area contributed by atoms with Crippen LogP contribution in [0.15, 0.2) is 95.9 Å². The number of para-hydroxylation sites is 1. The zero-order chi connectivity index (χ0) is 22.7. The molecule has 0 aliphatic carbocycles. The summed E-state index contributed by atoms with van der Waals surface area (Å²) in [5.74, 6) is 1.27. The number of nitrogens with zero attached hydrogens (tertiary/aromatic N) is 1. The largest absolute Gasteiger partial charge is 0.457 e. The highest BCUT2D eigenvalue weighted by molar-refractivity contribution is 7.92. The predicted octanol–water partition coefficient (Wildman–Crippen LogP) is 5.26. The maximum Gasteiger partial charge on any atom is 0.261 e. The number of rotatable bonds is 6. The van der Waals surface area contributed by atoms with Crippen molar-refractivity contribution in [1.82, 2.24) is 5.32 Å². The highest BCUT2D eigenvalue weighted by Crippen LogP contribution is 2.34. The van der Waals surface area contributed by atoms with E-state index < -0.39 is 10.0 Å². The minimum atomic E-state index is -3.76. The zero-order valence-corrected chi connectivity index (χ0v) is 20.1. The summed E-state index contributed by atoms with van der Waals surface area (Å²) in [6, 6.07) is 27.6. The number of piperazine rings is 1. The van der Waals surface area contributed by atoms with Gasteiger partial charge >= 0.3 is 0 Å². The summed E-state index contributed by atoms with van der Waals surface area (Å²) in [7, 11) is -3.76. The molecule has 4 aromatic rings. The molecule has 34 heavy (non-hydrogen) atoms. The minimum Gasteiger partial charge on any atom is -0.457 e. The van der Waals surface area contributed by atoms with Gasteiger partial charge in [-0.25, -0.2) is 8.42 Å². The number of benzene rings is 4. The molecule has 1 saturated heterocycles. The van der Waals surface area contributed by atoms with Crippen molar-refractivity contribution in [2.45, 2.75) is 4.90 Å². The molecule has 1 heterocycles. The topological polar surface area (TPSA) is 70.7 Å². The van der Waals surface area contributed by atoms with E-state index >= 15 is 0 Å². The predicted molar refractivity (Wildman–Crippen MR) is 140 cm³/mol. The van der Waals surface area contributed by atoms with E-state index in [2.05, 4.69) is 14.9 Å². The molecule has 0 aromatic heterocycles. The van der Waals surface area contributed by atoms with Crippen LogP contribution in [0, 0.1) is 0 Å². The van der Waals surface area contributed by atoms with E-state index in [1.165, 1.54) is 0 Å². The van der Waals surface area contributed by atoms with Crippen LogP contribution in [0.3, 0.4) is 0 Å². The molecule has 0 spiro atoms. The van der Waals surface area contributed by atoms with Gasteiger partial charge in [-0.2, -0.15) is 0 Å². The van der Waals surface area contributed by atoms with Crippen molar-refractivity contribution in [3.63, 3.8) is 0 Å². The van der Waals surface area contributed by atoms with Crippen LogP contribution in [0.1, 0.15) is 0 Å². The molecule has 6 nitrogen and oxygen atoms in total. The number of hydrogen-bond acceptors (Lipinski definition) is 5. The zero-order valence-electron chi connectivity index (χ0n) is 18.5. The van der Waals surface area contributed by atoms with E-state index in [9.17, 15) is 8.42 Å². The summed E-state index contributed by atoms with van der Waals surface area (Å²) in [6.45, 7) is 3.72. The molecular weight excluding hydrogens is 470 g/mol. The Labute approximate surface area is 206 Å². The second-order valence-electron chi connectivity index (χ2n) is 7.91. The van der Waals surface area contributed by atoms with Crippen LogP contribution in [0.4, 0.5) is 11.4 Å². The van der Waals surface area contributed by atoms with E-state index in [1.54, 1.807) is 24.3 Å². The maximum absolute atomic E-state index is 13.1. The summed E-state index contributed by atoms with van der Waals surface area (Å²) < 4.78 is 34.8. The molecule has 176 valence electrons. The third-order valence-electron chi connectivity index (χ3n) is 5.72. The van der Waals surface area contributed by atoms with Gasteiger partial charge in [0, 0.05) is 42.6 Å². The third kappa shape index (κ3) is 5.12. The van der Waals surface area contributed by atoms with E-state index in [0.717, 1.165) is 42.6 Å². The summed E-state index contributed by atoms with van der Waals surface area (Å²) in [6.07, 6.45) is 0. The fourth-order valence-electron chi connectivity index (χ4n) is 4.07. The van der Waals surface area contributed by atoms with Crippen LogP contribution in [0.5, 0.6) is 11.5 Å². The van der Waals surface area contributed by atoms with Crippen molar-refractivity contribution in [1.29, 1.82) is 0 Å². The molecule has 2 N–H and O–H groups in total. The lowest BCUT2D eigenvalue weighted by molar-refractivity contribution is 0.482. The molecule has 0 atom stereocenters. The Hall–Kier alpha value is -3.26. The van der Waals surface area contributed by atoms with Gasteiger partial charge in [0.1, 0.15) is 11.5 Å². The Bertz CT molecular complexity index is 1360. The van der Waals surface area contributed by atoms with Gasteiger partial charge < -0.3 is 15.0 Å². The highest BCUT2D eigenvalue weighted by Gasteiger charge is 2.19. The van der Waals surface area contributed by atoms with Gasteiger partial charge in [0.05, 0.1) is 10.6 Å². The van der Waals surface area contributed by atoms with Gasteiger partial charge in [-0.3, -0.25) is 4.72 Å². The Balaban J connectivity index is 0.00000274. The number of sulfonamides is 1. The summed E-state index contributed by atoms with van der Waals surface area (Å²) in [5.41, 5.74) is 1.69. The van der Waals surface area contributed by atoms with Gasteiger partial charge in [-0.15, -0.1) is 12.4 Å². The highest BCUT2D eigenvalue weighted by atomic mass is 35.5. The number of anilines is 2. The van der Waals surface area contributed by atoms with Crippen LogP contribution in [0.25, 0.3) is 10.8 Å². The number of nitrogens with one attached hydrogen (secondary N) is 2. The quantitative estimate of drug-likeness (QED) is 0.381. The Morgan fingerprint density at radius 2 is 1.35 bits per heavy atom. The number of halogens is 1. The molecule has 0 unspecified atom stereocenters. The van der Waals surface area contributed by atoms with Crippen molar-refractivity contribution in [3.8, 4) is 11.5 Å². The molecule has 0 saturated carbocycles. The Morgan fingerprint density at radius 1 is 0.735 bits per heavy atom. The van der Waals surface area contributed by atoms with Crippen molar-refractivity contribution >= 4 is 44.6 Å². The first-order valence-electron chi connectivity index (χ1n) is 10.9. The first-order valence-corrected chi connectivity index (χ1v) is 12.4.